The molecule has 1 aromatic carbocycles. The average Bonchev–Trinajstić information content (AvgIpc) is 2.89. The molecule has 0 aliphatic carbocycles. The van der Waals surface area contributed by atoms with Crippen molar-refractivity contribution in [2.24, 2.45) is 0 Å². The molecular formula is C18H21ClN4O3. The molecule has 2 heterocycles. The van der Waals surface area contributed by atoms with Gasteiger partial charge in [0.15, 0.2) is 0 Å². The van der Waals surface area contributed by atoms with Crippen LogP contribution in [-0.2, 0) is 17.7 Å². The van der Waals surface area contributed by atoms with Gasteiger partial charge in [-0.25, -0.2) is 4.79 Å². The smallest absolute Gasteiger partial charge is 0.410 e. The number of fused-ring (bicyclic) bond motifs is 1. The Balaban J connectivity index is 1.84. The minimum atomic E-state index is -0.571. The normalized spacial score (nSPS) is 14.1. The molecule has 8 heteroatoms. The van der Waals surface area contributed by atoms with Gasteiger partial charge in [-0.05, 0) is 45.4 Å². The van der Waals surface area contributed by atoms with Gasteiger partial charge in [-0.15, -0.1) is 0 Å². The van der Waals surface area contributed by atoms with Gasteiger partial charge in [-0.2, -0.15) is 9.78 Å². The number of anilines is 1. The Bertz CT molecular complexity index is 870. The monoisotopic (exact) mass is 376 g/mol. The minimum Gasteiger partial charge on any atom is -0.444 e. The maximum absolute atomic E-state index is 12.7. The van der Waals surface area contributed by atoms with E-state index in [2.05, 4.69) is 5.10 Å². The zero-order valence-corrected chi connectivity index (χ0v) is 15.7. The van der Waals surface area contributed by atoms with Crippen molar-refractivity contribution >= 4 is 29.4 Å². The van der Waals surface area contributed by atoms with E-state index >= 15 is 0 Å². The van der Waals surface area contributed by atoms with Gasteiger partial charge in [0.05, 0.1) is 12.2 Å². The lowest BCUT2D eigenvalue weighted by atomic mass is 10.1. The summed E-state index contributed by atoms with van der Waals surface area (Å²) in [7, 11) is 0. The number of aromatic nitrogens is 2. The van der Waals surface area contributed by atoms with E-state index in [1.807, 2.05) is 20.8 Å². The summed E-state index contributed by atoms with van der Waals surface area (Å²) in [5, 5.41) is 4.80. The number of carbonyl (C=O) groups is 2. The van der Waals surface area contributed by atoms with Crippen LogP contribution in [-0.4, -0.2) is 38.8 Å². The third kappa shape index (κ3) is 3.67. The van der Waals surface area contributed by atoms with E-state index in [1.165, 1.54) is 4.68 Å². The number of hydrogen-bond acceptors (Lipinski definition) is 5. The molecule has 3 rings (SSSR count). The quantitative estimate of drug-likeness (QED) is 0.825. The Labute approximate surface area is 156 Å². The molecule has 1 aliphatic rings. The fourth-order valence-electron chi connectivity index (χ4n) is 2.80. The van der Waals surface area contributed by atoms with E-state index in [1.54, 1.807) is 29.2 Å². The summed E-state index contributed by atoms with van der Waals surface area (Å²) >= 11 is 5.95. The lowest BCUT2D eigenvalue weighted by molar-refractivity contribution is 0.0221. The van der Waals surface area contributed by atoms with Crippen molar-refractivity contribution in [3.63, 3.8) is 0 Å². The topological polar surface area (TPSA) is 90.5 Å². The van der Waals surface area contributed by atoms with Gasteiger partial charge in [-0.3, -0.25) is 4.79 Å². The Morgan fingerprint density at radius 1 is 1.31 bits per heavy atom. The first-order valence-electron chi connectivity index (χ1n) is 8.30. The Kier molecular flexibility index (Phi) is 4.66. The first-order chi connectivity index (χ1) is 12.2. The highest BCUT2D eigenvalue weighted by molar-refractivity contribution is 6.31. The summed E-state index contributed by atoms with van der Waals surface area (Å²) in [6.07, 6.45) is 0.112. The highest BCUT2D eigenvalue weighted by Gasteiger charge is 2.30. The number of ether oxygens (including phenoxy) is 1. The molecule has 0 bridgehead atoms. The van der Waals surface area contributed by atoms with E-state index in [9.17, 15) is 9.59 Å². The molecule has 0 radical (unpaired) electrons. The van der Waals surface area contributed by atoms with Gasteiger partial charge in [0, 0.05) is 22.7 Å². The first kappa shape index (κ1) is 18.3. The lowest BCUT2D eigenvalue weighted by Gasteiger charge is -2.29. The van der Waals surface area contributed by atoms with E-state index in [4.69, 9.17) is 22.1 Å². The Hall–Kier alpha value is -2.54. The van der Waals surface area contributed by atoms with Crippen LogP contribution in [0.2, 0.25) is 5.02 Å². The predicted octanol–water partition coefficient (Wildman–Crippen LogP) is 3.10. The largest absolute Gasteiger partial charge is 0.444 e. The number of nitrogen functional groups attached to an aromatic ring is 1. The lowest BCUT2D eigenvalue weighted by Crippen LogP contribution is -2.39. The van der Waals surface area contributed by atoms with E-state index in [0.717, 1.165) is 5.56 Å². The van der Waals surface area contributed by atoms with Crippen LogP contribution in [0.5, 0.6) is 0 Å². The molecule has 2 N–H and O–H groups in total. The van der Waals surface area contributed by atoms with Gasteiger partial charge in [0.1, 0.15) is 11.4 Å². The second-order valence-electron chi connectivity index (χ2n) is 7.19. The van der Waals surface area contributed by atoms with Crippen LogP contribution in [0, 0.1) is 0 Å². The van der Waals surface area contributed by atoms with Crippen molar-refractivity contribution < 1.29 is 14.3 Å². The molecule has 0 unspecified atom stereocenters. The maximum atomic E-state index is 12.7. The average molecular weight is 377 g/mol. The van der Waals surface area contributed by atoms with Crippen molar-refractivity contribution in [2.75, 3.05) is 12.3 Å². The van der Waals surface area contributed by atoms with Gasteiger partial charge in [0.25, 0.3) is 5.91 Å². The van der Waals surface area contributed by atoms with Crippen LogP contribution >= 0.6 is 11.6 Å². The van der Waals surface area contributed by atoms with Crippen LogP contribution in [0.1, 0.15) is 42.4 Å². The Morgan fingerprint density at radius 2 is 2.04 bits per heavy atom. The molecule has 1 aliphatic heterocycles. The number of nitrogens with zero attached hydrogens (tertiary/aromatic N) is 3. The van der Waals surface area contributed by atoms with Crippen LogP contribution < -0.4 is 5.73 Å². The molecule has 7 nitrogen and oxygen atoms in total. The highest BCUT2D eigenvalue weighted by atomic mass is 35.5. The zero-order chi connectivity index (χ0) is 19.1. The summed E-state index contributed by atoms with van der Waals surface area (Å²) in [4.78, 5) is 26.5. The van der Waals surface area contributed by atoms with Crippen molar-refractivity contribution in [1.82, 2.24) is 14.7 Å². The van der Waals surface area contributed by atoms with Crippen molar-refractivity contribution in [2.45, 2.75) is 39.3 Å². The molecule has 0 atom stereocenters. The number of amides is 1. The molecule has 0 saturated carbocycles. The molecule has 0 spiro atoms. The van der Waals surface area contributed by atoms with E-state index < -0.39 is 11.7 Å². The van der Waals surface area contributed by atoms with Crippen molar-refractivity contribution in [3.05, 3.63) is 46.1 Å². The minimum absolute atomic E-state index is 0.254. The van der Waals surface area contributed by atoms with E-state index in [0.29, 0.717) is 35.1 Å². The molecule has 26 heavy (non-hydrogen) atoms. The highest BCUT2D eigenvalue weighted by Crippen LogP contribution is 2.26. The summed E-state index contributed by atoms with van der Waals surface area (Å²) in [6, 6.07) is 6.60. The molecule has 1 amide bonds. The maximum Gasteiger partial charge on any atom is 0.410 e. The van der Waals surface area contributed by atoms with Crippen LogP contribution in [0.4, 0.5) is 10.6 Å². The summed E-state index contributed by atoms with van der Waals surface area (Å²) in [5.41, 5.74) is 7.36. The number of nitrogens with two attached hydrogens (primary N) is 1. The van der Waals surface area contributed by atoms with Crippen LogP contribution in [0.15, 0.2) is 24.3 Å². The van der Waals surface area contributed by atoms with Crippen molar-refractivity contribution in [1.29, 1.82) is 0 Å². The number of hydrogen-bond donors (Lipinski definition) is 1. The number of halogens is 1. The van der Waals surface area contributed by atoms with Crippen LogP contribution in [0.25, 0.3) is 0 Å². The van der Waals surface area contributed by atoms with Crippen LogP contribution in [0.3, 0.4) is 0 Å². The predicted molar refractivity (Wildman–Crippen MR) is 98.2 cm³/mol. The molecule has 2 aromatic rings. The van der Waals surface area contributed by atoms with Gasteiger partial charge < -0.3 is 15.4 Å². The molecular weight excluding hydrogens is 356 g/mol. The zero-order valence-electron chi connectivity index (χ0n) is 15.0. The van der Waals surface area contributed by atoms with Gasteiger partial charge >= 0.3 is 6.09 Å². The SMILES string of the molecule is CC(C)(C)OC(=O)N1CCc2c(nn(C(=O)c3cccc(Cl)c3)c2N)C1. The second-order valence-corrected chi connectivity index (χ2v) is 7.63. The summed E-state index contributed by atoms with van der Waals surface area (Å²) < 4.78 is 6.57. The third-order valence-electron chi connectivity index (χ3n) is 3.99. The number of carbonyl (C=O) groups excluding carboxylic acids is 2. The molecule has 0 saturated heterocycles. The molecule has 0 fully saturated rings. The summed E-state index contributed by atoms with van der Waals surface area (Å²) in [6.45, 7) is 6.16. The molecule has 138 valence electrons. The van der Waals surface area contributed by atoms with E-state index in [-0.39, 0.29) is 12.5 Å². The second kappa shape index (κ2) is 6.64. The Morgan fingerprint density at radius 3 is 2.69 bits per heavy atom. The van der Waals surface area contributed by atoms with Gasteiger partial charge in [-0.1, -0.05) is 17.7 Å². The van der Waals surface area contributed by atoms with Gasteiger partial charge in [0.2, 0.25) is 0 Å². The first-order valence-corrected chi connectivity index (χ1v) is 8.68. The summed E-state index contributed by atoms with van der Waals surface area (Å²) in [5.74, 6) is -0.0583. The van der Waals surface area contributed by atoms with Crippen molar-refractivity contribution in [3.8, 4) is 0 Å². The fraction of sp³-hybridized carbons (Fsp3) is 0.389. The molecule has 1 aromatic heterocycles. The third-order valence-corrected chi connectivity index (χ3v) is 4.23. The number of benzene rings is 1. The standard InChI is InChI=1S/C18H21ClN4O3/c1-18(2,3)26-17(25)22-8-7-13-14(10-22)21-23(15(13)20)16(24)11-5-4-6-12(19)9-11/h4-6,9H,7-8,10,20H2,1-3H3. The number of rotatable bonds is 1. The fourth-order valence-corrected chi connectivity index (χ4v) is 2.99.